The summed E-state index contributed by atoms with van der Waals surface area (Å²) < 4.78 is 179. The maximum atomic E-state index is 15.2. The van der Waals surface area contributed by atoms with Crippen LogP contribution in [0.2, 0.25) is 5.02 Å². The van der Waals surface area contributed by atoms with E-state index in [4.69, 9.17) is 11.6 Å². The molecule has 15 heteroatoms. The van der Waals surface area contributed by atoms with E-state index in [0.717, 1.165) is 24.1 Å². The van der Waals surface area contributed by atoms with Gasteiger partial charge in [-0.25, -0.2) is 30.7 Å². The van der Waals surface area contributed by atoms with Gasteiger partial charge in [-0.3, -0.25) is 0 Å². The van der Waals surface area contributed by atoms with Crippen LogP contribution in [0.5, 0.6) is 11.5 Å². The minimum Gasteiger partial charge on any atom is -0.423 e. The molecule has 0 aliphatic heterocycles. The van der Waals surface area contributed by atoms with Crippen molar-refractivity contribution in [2.75, 3.05) is 0 Å². The molecule has 0 atom stereocenters. The minimum atomic E-state index is -5.47. The lowest BCUT2D eigenvalue weighted by molar-refractivity contribution is -0.276. The molecule has 2 nitrogen and oxygen atoms in total. The quantitative estimate of drug-likeness (QED) is 0.104. The van der Waals surface area contributed by atoms with Crippen molar-refractivity contribution in [3.05, 3.63) is 142 Å². The van der Waals surface area contributed by atoms with E-state index in [9.17, 15) is 30.7 Å². The molecule has 0 spiro atoms. The standard InChI is InChI=1S/C37H21ClF12O2/c1-2-3-4-5-18-6-8-19(9-7-18)20-11-28(42)34(29(43)12-20)51-36(46,47)23-16-26(40)33(27(41)17-23)21-10-24(38)32(25(39)13-21)22-14-30(44)35(31(45)15-22)52-37(48,49)50/h2-3,6-17H,4-5H2,1H3/b3-2+. The highest BCUT2D eigenvalue weighted by atomic mass is 35.5. The van der Waals surface area contributed by atoms with Crippen LogP contribution < -0.4 is 9.47 Å². The summed E-state index contributed by atoms with van der Waals surface area (Å²) >= 11 is 6.02. The first-order valence-electron chi connectivity index (χ1n) is 14.9. The molecule has 0 fully saturated rings. The van der Waals surface area contributed by atoms with E-state index in [-0.39, 0.29) is 29.8 Å². The van der Waals surface area contributed by atoms with Crippen molar-refractivity contribution < 1.29 is 62.2 Å². The molecule has 0 aliphatic carbocycles. The predicted octanol–water partition coefficient (Wildman–Crippen LogP) is 12.9. The number of rotatable bonds is 10. The molecule has 0 aliphatic rings. The van der Waals surface area contributed by atoms with Crippen LogP contribution >= 0.6 is 11.6 Å². The lowest BCUT2D eigenvalue weighted by Crippen LogP contribution is -2.24. The topological polar surface area (TPSA) is 18.5 Å². The fourth-order valence-electron chi connectivity index (χ4n) is 5.22. The van der Waals surface area contributed by atoms with Crippen molar-refractivity contribution in [1.82, 2.24) is 0 Å². The van der Waals surface area contributed by atoms with Gasteiger partial charge in [-0.2, -0.15) is 8.78 Å². The van der Waals surface area contributed by atoms with Crippen LogP contribution in [0, 0.1) is 40.7 Å². The van der Waals surface area contributed by atoms with Gasteiger partial charge in [-0.05, 0) is 96.1 Å². The van der Waals surface area contributed by atoms with Crippen molar-refractivity contribution >= 4 is 11.6 Å². The Labute approximate surface area is 292 Å². The zero-order valence-corrected chi connectivity index (χ0v) is 27.0. The fourth-order valence-corrected chi connectivity index (χ4v) is 5.54. The predicted molar refractivity (Wildman–Crippen MR) is 168 cm³/mol. The van der Waals surface area contributed by atoms with E-state index in [1.165, 1.54) is 0 Å². The van der Waals surface area contributed by atoms with Crippen LogP contribution in [0.15, 0.2) is 84.9 Å². The Balaban J connectivity index is 1.41. The highest BCUT2D eigenvalue weighted by Crippen LogP contribution is 2.42. The molecule has 272 valence electrons. The van der Waals surface area contributed by atoms with Crippen LogP contribution in [0.1, 0.15) is 24.5 Å². The molecule has 0 saturated carbocycles. The molecule has 5 aromatic rings. The molecule has 0 N–H and O–H groups in total. The molecule has 0 amide bonds. The summed E-state index contributed by atoms with van der Waals surface area (Å²) in [6, 6.07) is 9.86. The Morgan fingerprint density at radius 3 is 1.52 bits per heavy atom. The molecule has 0 bridgehead atoms. The second kappa shape index (κ2) is 14.9. The Morgan fingerprint density at radius 1 is 0.558 bits per heavy atom. The number of ether oxygens (including phenoxy) is 2. The van der Waals surface area contributed by atoms with Gasteiger partial charge in [-0.15, -0.1) is 13.2 Å². The Kier molecular flexibility index (Phi) is 10.9. The van der Waals surface area contributed by atoms with Crippen LogP contribution in [0.3, 0.4) is 0 Å². The third-order valence-corrected chi connectivity index (χ3v) is 7.86. The van der Waals surface area contributed by atoms with Gasteiger partial charge >= 0.3 is 12.5 Å². The summed E-state index contributed by atoms with van der Waals surface area (Å²) in [5.41, 5.74) is -3.58. The zero-order valence-electron chi connectivity index (χ0n) is 26.2. The van der Waals surface area contributed by atoms with Crippen LogP contribution in [-0.4, -0.2) is 6.36 Å². The maximum absolute atomic E-state index is 15.2. The van der Waals surface area contributed by atoms with Gasteiger partial charge < -0.3 is 9.47 Å². The Bertz CT molecular complexity index is 2070. The smallest absolute Gasteiger partial charge is 0.423 e. The average molecular weight is 761 g/mol. The first-order chi connectivity index (χ1) is 24.4. The van der Waals surface area contributed by atoms with Gasteiger partial charge in [-0.1, -0.05) is 48.0 Å². The zero-order chi connectivity index (χ0) is 38.1. The number of hydrogen-bond donors (Lipinski definition) is 0. The van der Waals surface area contributed by atoms with E-state index in [1.54, 1.807) is 24.3 Å². The van der Waals surface area contributed by atoms with E-state index in [0.29, 0.717) is 24.1 Å². The summed E-state index contributed by atoms with van der Waals surface area (Å²) in [7, 11) is 0. The number of alkyl halides is 5. The summed E-state index contributed by atoms with van der Waals surface area (Å²) in [5, 5.41) is -0.746. The highest BCUT2D eigenvalue weighted by molar-refractivity contribution is 6.33. The number of allylic oxidation sites excluding steroid dienone is 2. The molecule has 0 saturated heterocycles. The molecular formula is C37H21ClF12O2. The van der Waals surface area contributed by atoms with Gasteiger partial charge in [0.2, 0.25) is 5.75 Å². The van der Waals surface area contributed by atoms with Crippen molar-refractivity contribution in [1.29, 1.82) is 0 Å². The summed E-state index contributed by atoms with van der Waals surface area (Å²) in [6.07, 6.45) is -4.85. The van der Waals surface area contributed by atoms with Gasteiger partial charge in [0, 0.05) is 5.56 Å². The molecular weight excluding hydrogens is 740 g/mol. The lowest BCUT2D eigenvalue weighted by Gasteiger charge is -2.20. The van der Waals surface area contributed by atoms with Gasteiger partial charge in [0.05, 0.1) is 16.1 Å². The van der Waals surface area contributed by atoms with Crippen molar-refractivity contribution in [3.63, 3.8) is 0 Å². The fraction of sp³-hybridized carbons (Fsp3) is 0.135. The first kappa shape index (κ1) is 38.1. The van der Waals surface area contributed by atoms with Gasteiger partial charge in [0.25, 0.3) is 0 Å². The summed E-state index contributed by atoms with van der Waals surface area (Å²) in [4.78, 5) is 0. The van der Waals surface area contributed by atoms with Crippen molar-refractivity contribution in [3.8, 4) is 44.9 Å². The Hall–Kier alpha value is -5.11. The Morgan fingerprint density at radius 2 is 1.02 bits per heavy atom. The summed E-state index contributed by atoms with van der Waals surface area (Å²) in [6.45, 7) is 1.88. The van der Waals surface area contributed by atoms with Crippen molar-refractivity contribution in [2.24, 2.45) is 0 Å². The molecule has 52 heavy (non-hydrogen) atoms. The van der Waals surface area contributed by atoms with Gasteiger partial charge in [0.15, 0.2) is 29.0 Å². The molecule has 5 aromatic carbocycles. The van der Waals surface area contributed by atoms with Crippen LogP contribution in [0.25, 0.3) is 33.4 Å². The second-order valence-corrected chi connectivity index (χ2v) is 11.5. The van der Waals surface area contributed by atoms with Crippen molar-refractivity contribution in [2.45, 2.75) is 32.2 Å². The SMILES string of the molecule is C/C=C/CCc1ccc(-c2cc(F)c(OC(F)(F)c3cc(F)c(-c4cc(F)c(-c5cc(F)c(OC(F)(F)F)c(F)c5)c(Cl)c4)c(F)c3)c(F)c2)cc1. The normalized spacial score (nSPS) is 12.1. The first-order valence-corrected chi connectivity index (χ1v) is 15.3. The molecule has 0 heterocycles. The lowest BCUT2D eigenvalue weighted by atomic mass is 9.97. The van der Waals surface area contributed by atoms with E-state index in [1.807, 2.05) is 19.1 Å². The summed E-state index contributed by atoms with van der Waals surface area (Å²) in [5.74, 6) is -15.2. The number of hydrogen-bond acceptors (Lipinski definition) is 2. The monoisotopic (exact) mass is 760 g/mol. The largest absolute Gasteiger partial charge is 0.573 e. The minimum absolute atomic E-state index is 0.00761. The van der Waals surface area contributed by atoms with E-state index >= 15 is 22.0 Å². The van der Waals surface area contributed by atoms with E-state index < -0.39 is 97.5 Å². The molecule has 0 aromatic heterocycles. The van der Waals surface area contributed by atoms with Crippen LogP contribution in [-0.2, 0) is 12.5 Å². The third-order valence-electron chi connectivity index (χ3n) is 7.56. The third kappa shape index (κ3) is 8.33. The molecule has 0 unspecified atom stereocenters. The molecule has 0 radical (unpaired) electrons. The highest BCUT2D eigenvalue weighted by Gasteiger charge is 2.39. The number of halogens is 13. The maximum Gasteiger partial charge on any atom is 0.573 e. The molecule has 5 rings (SSSR count). The number of benzene rings is 5. The van der Waals surface area contributed by atoms with E-state index in [2.05, 4.69) is 9.47 Å². The van der Waals surface area contributed by atoms with Gasteiger partial charge in [0.1, 0.15) is 17.5 Å². The number of aryl methyl sites for hydroxylation is 1. The average Bonchev–Trinajstić information content (AvgIpc) is 3.04. The van der Waals surface area contributed by atoms with Crippen LogP contribution in [0.4, 0.5) is 52.7 Å². The second-order valence-electron chi connectivity index (χ2n) is 11.1.